The van der Waals surface area contributed by atoms with Gasteiger partial charge in [-0.05, 0) is 31.4 Å². The molecule has 5 heteroatoms. The maximum atomic E-state index is 6.40. The van der Waals surface area contributed by atoms with E-state index in [0.29, 0.717) is 19.8 Å². The lowest BCUT2D eigenvalue weighted by atomic mass is 9.93. The van der Waals surface area contributed by atoms with Gasteiger partial charge in [0.25, 0.3) is 0 Å². The molecule has 29 heavy (non-hydrogen) atoms. The van der Waals surface area contributed by atoms with Crippen molar-refractivity contribution in [2.75, 3.05) is 6.61 Å². The van der Waals surface area contributed by atoms with E-state index in [1.807, 2.05) is 50.2 Å². The second kappa shape index (κ2) is 8.54. The quantitative estimate of drug-likeness (QED) is 0.658. The highest BCUT2D eigenvalue weighted by molar-refractivity contribution is 5.15. The Morgan fingerprint density at radius 2 is 1.45 bits per heavy atom. The summed E-state index contributed by atoms with van der Waals surface area (Å²) in [6.07, 6.45) is -0.281. The topological polar surface area (TPSA) is 46.2 Å². The minimum absolute atomic E-state index is 0.282. The van der Waals surface area contributed by atoms with Crippen LogP contribution < -0.4 is 0 Å². The van der Waals surface area contributed by atoms with Crippen molar-refractivity contribution in [1.82, 2.24) is 0 Å². The molecular formula is C24H30O5. The molecule has 2 saturated heterocycles. The van der Waals surface area contributed by atoms with Crippen LogP contribution in [0.25, 0.3) is 0 Å². The Labute approximate surface area is 172 Å². The molecule has 2 fully saturated rings. The third-order valence-corrected chi connectivity index (χ3v) is 5.58. The highest BCUT2D eigenvalue weighted by Gasteiger charge is 2.62. The van der Waals surface area contributed by atoms with Crippen LogP contribution in [-0.4, -0.2) is 36.5 Å². The van der Waals surface area contributed by atoms with Crippen molar-refractivity contribution in [3.05, 3.63) is 71.8 Å². The third-order valence-electron chi connectivity index (χ3n) is 5.58. The van der Waals surface area contributed by atoms with Crippen LogP contribution in [0.5, 0.6) is 0 Å². The largest absolute Gasteiger partial charge is 0.374 e. The maximum Gasteiger partial charge on any atom is 0.190 e. The summed E-state index contributed by atoms with van der Waals surface area (Å²) >= 11 is 0. The summed E-state index contributed by atoms with van der Waals surface area (Å²) in [5.74, 6) is -0.686. The molecule has 2 aromatic carbocycles. The summed E-state index contributed by atoms with van der Waals surface area (Å²) in [4.78, 5) is 0. The Bertz CT molecular complexity index is 778. The van der Waals surface area contributed by atoms with Gasteiger partial charge in [-0.2, -0.15) is 0 Å². The number of benzene rings is 2. The van der Waals surface area contributed by atoms with Gasteiger partial charge < -0.3 is 23.7 Å². The fourth-order valence-corrected chi connectivity index (χ4v) is 4.08. The average molecular weight is 398 g/mol. The lowest BCUT2D eigenvalue weighted by Gasteiger charge is -2.36. The van der Waals surface area contributed by atoms with E-state index in [-0.39, 0.29) is 12.2 Å². The molecule has 5 nitrogen and oxygen atoms in total. The zero-order chi connectivity index (χ0) is 20.3. The van der Waals surface area contributed by atoms with E-state index in [1.54, 1.807) is 0 Å². The second-order valence-electron chi connectivity index (χ2n) is 8.20. The molecule has 2 aromatic rings. The molecule has 2 aliphatic rings. The van der Waals surface area contributed by atoms with Gasteiger partial charge in [0.2, 0.25) is 0 Å². The zero-order valence-corrected chi connectivity index (χ0v) is 17.4. The maximum absolute atomic E-state index is 6.40. The van der Waals surface area contributed by atoms with Crippen molar-refractivity contribution in [1.29, 1.82) is 0 Å². The first-order chi connectivity index (χ1) is 14.0. The fraction of sp³-hybridized carbons (Fsp3) is 0.500. The summed E-state index contributed by atoms with van der Waals surface area (Å²) < 4.78 is 31.0. The van der Waals surface area contributed by atoms with E-state index in [4.69, 9.17) is 23.7 Å². The van der Waals surface area contributed by atoms with Crippen LogP contribution in [0.4, 0.5) is 0 Å². The molecule has 0 spiro atoms. The molecule has 0 aliphatic carbocycles. The van der Waals surface area contributed by atoms with E-state index in [9.17, 15) is 0 Å². The molecular weight excluding hydrogens is 368 g/mol. The SMILES string of the molecule is CCC1(COCc2ccccc2)OC2OC(C)(C)OC2C1OCc1ccccc1. The van der Waals surface area contributed by atoms with Crippen LogP contribution in [-0.2, 0) is 36.9 Å². The molecule has 0 bridgehead atoms. The predicted molar refractivity (Wildman–Crippen MR) is 109 cm³/mol. The minimum atomic E-state index is -0.686. The number of hydrogen-bond donors (Lipinski definition) is 0. The molecule has 0 aromatic heterocycles. The first-order valence-electron chi connectivity index (χ1n) is 10.3. The molecule has 4 rings (SSSR count). The molecule has 0 saturated carbocycles. The zero-order valence-electron chi connectivity index (χ0n) is 17.4. The van der Waals surface area contributed by atoms with Gasteiger partial charge in [0, 0.05) is 0 Å². The number of hydrogen-bond acceptors (Lipinski definition) is 5. The van der Waals surface area contributed by atoms with Crippen LogP contribution in [0.15, 0.2) is 60.7 Å². The smallest absolute Gasteiger partial charge is 0.190 e. The molecule has 0 amide bonds. The van der Waals surface area contributed by atoms with Gasteiger partial charge in [-0.25, -0.2) is 0 Å². The molecule has 4 atom stereocenters. The van der Waals surface area contributed by atoms with Crippen LogP contribution in [0.1, 0.15) is 38.3 Å². The summed E-state index contributed by atoms with van der Waals surface area (Å²) in [5, 5.41) is 0. The minimum Gasteiger partial charge on any atom is -0.374 e. The molecule has 2 aliphatic heterocycles. The Morgan fingerprint density at radius 1 is 0.828 bits per heavy atom. The monoisotopic (exact) mass is 398 g/mol. The molecule has 156 valence electrons. The lowest BCUT2D eigenvalue weighted by molar-refractivity contribution is -0.255. The van der Waals surface area contributed by atoms with Gasteiger partial charge in [-0.15, -0.1) is 0 Å². The fourth-order valence-electron chi connectivity index (χ4n) is 4.08. The van der Waals surface area contributed by atoms with Crippen molar-refractivity contribution >= 4 is 0 Å². The summed E-state index contributed by atoms with van der Waals surface area (Å²) in [6, 6.07) is 20.3. The van der Waals surface area contributed by atoms with Gasteiger partial charge in [0.05, 0.1) is 19.8 Å². The Balaban J connectivity index is 1.48. The van der Waals surface area contributed by atoms with E-state index in [0.717, 1.165) is 17.5 Å². The van der Waals surface area contributed by atoms with Crippen molar-refractivity contribution in [2.45, 2.75) is 70.3 Å². The van der Waals surface area contributed by atoms with Crippen LogP contribution >= 0.6 is 0 Å². The second-order valence-corrected chi connectivity index (χ2v) is 8.20. The molecule has 0 radical (unpaired) electrons. The van der Waals surface area contributed by atoms with Gasteiger partial charge >= 0.3 is 0 Å². The predicted octanol–water partition coefficient (Wildman–Crippen LogP) is 4.45. The molecule has 2 heterocycles. The average Bonchev–Trinajstić information content (AvgIpc) is 3.17. The normalized spacial score (nSPS) is 30.4. The van der Waals surface area contributed by atoms with Crippen LogP contribution in [0.2, 0.25) is 0 Å². The molecule has 0 N–H and O–H groups in total. The van der Waals surface area contributed by atoms with Gasteiger partial charge in [-0.1, -0.05) is 67.6 Å². The molecule has 4 unspecified atom stereocenters. The Morgan fingerprint density at radius 3 is 2.07 bits per heavy atom. The van der Waals surface area contributed by atoms with E-state index in [1.165, 1.54) is 0 Å². The number of ether oxygens (including phenoxy) is 5. The highest BCUT2D eigenvalue weighted by atomic mass is 16.8. The van der Waals surface area contributed by atoms with Crippen molar-refractivity contribution in [2.24, 2.45) is 0 Å². The number of rotatable bonds is 8. The highest BCUT2D eigenvalue weighted by Crippen LogP contribution is 2.45. The van der Waals surface area contributed by atoms with Crippen LogP contribution in [0.3, 0.4) is 0 Å². The Kier molecular flexibility index (Phi) is 6.04. The van der Waals surface area contributed by atoms with Crippen molar-refractivity contribution in [3.63, 3.8) is 0 Å². The summed E-state index contributed by atoms with van der Waals surface area (Å²) in [7, 11) is 0. The van der Waals surface area contributed by atoms with Crippen molar-refractivity contribution < 1.29 is 23.7 Å². The summed E-state index contributed by atoms with van der Waals surface area (Å²) in [5.41, 5.74) is 1.63. The van der Waals surface area contributed by atoms with E-state index in [2.05, 4.69) is 31.2 Å². The van der Waals surface area contributed by atoms with Gasteiger partial charge in [0.1, 0.15) is 17.8 Å². The van der Waals surface area contributed by atoms with Gasteiger partial charge in [-0.3, -0.25) is 0 Å². The summed E-state index contributed by atoms with van der Waals surface area (Å²) in [6.45, 7) is 7.34. The standard InChI is InChI=1S/C24H30O5/c1-4-24(17-25-15-18-11-7-5-8-12-18)21(26-16-19-13-9-6-10-14-19)20-22(29-24)28-23(2,3)27-20/h5-14,20-22H,4,15-17H2,1-3H3. The van der Waals surface area contributed by atoms with E-state index < -0.39 is 17.7 Å². The van der Waals surface area contributed by atoms with E-state index >= 15 is 0 Å². The first kappa shape index (κ1) is 20.5. The van der Waals surface area contributed by atoms with Gasteiger partial charge in [0.15, 0.2) is 12.1 Å². The van der Waals surface area contributed by atoms with Crippen LogP contribution in [0, 0.1) is 0 Å². The Hall–Kier alpha value is -1.76. The lowest BCUT2D eigenvalue weighted by Crippen LogP contribution is -2.49. The van der Waals surface area contributed by atoms with Crippen molar-refractivity contribution in [3.8, 4) is 0 Å². The number of fused-ring (bicyclic) bond motifs is 1. The third kappa shape index (κ3) is 4.55. The first-order valence-corrected chi connectivity index (χ1v) is 10.3.